The lowest BCUT2D eigenvalue weighted by Crippen LogP contribution is -2.66. The molecule has 4 aromatic rings. The van der Waals surface area contributed by atoms with Crippen LogP contribution >= 0.6 is 0 Å². The number of nitrogens with zero attached hydrogens (tertiary/aromatic N) is 4. The minimum atomic E-state index is -0.710. The van der Waals surface area contributed by atoms with E-state index in [4.69, 9.17) is 4.74 Å². The minimum absolute atomic E-state index is 0.00336. The summed E-state index contributed by atoms with van der Waals surface area (Å²) in [6.45, 7) is 4.86. The molecule has 0 aliphatic carbocycles. The number of fused-ring (bicyclic) bond motifs is 2. The second kappa shape index (κ2) is 13.7. The van der Waals surface area contributed by atoms with Crippen LogP contribution in [0.1, 0.15) is 30.5 Å². The molecule has 2 heterocycles. The van der Waals surface area contributed by atoms with Crippen molar-refractivity contribution in [1.82, 2.24) is 25.1 Å². The topological polar surface area (TPSA) is 97.5 Å². The van der Waals surface area contributed by atoms with E-state index < -0.39 is 12.2 Å². The number of ether oxygens (including phenoxy) is 1. The maximum atomic E-state index is 14.3. The highest BCUT2D eigenvalue weighted by Gasteiger charge is 2.52. The number of hydrogen-bond acceptors (Lipinski definition) is 6. The van der Waals surface area contributed by atoms with Crippen LogP contribution in [-0.2, 0) is 29.1 Å². The van der Waals surface area contributed by atoms with Gasteiger partial charge in [-0.1, -0.05) is 66.7 Å². The van der Waals surface area contributed by atoms with Crippen molar-refractivity contribution in [2.45, 2.75) is 51.6 Å². The third kappa shape index (κ3) is 6.59. The average Bonchev–Trinajstić information content (AvgIpc) is 3.40. The van der Waals surface area contributed by atoms with Gasteiger partial charge in [0.2, 0.25) is 11.8 Å². The van der Waals surface area contributed by atoms with Gasteiger partial charge in [0, 0.05) is 38.3 Å². The Morgan fingerprint density at radius 3 is 2.34 bits per heavy atom. The van der Waals surface area contributed by atoms with Gasteiger partial charge in [-0.3, -0.25) is 14.6 Å². The van der Waals surface area contributed by atoms with Crippen molar-refractivity contribution in [2.75, 3.05) is 32.6 Å². The van der Waals surface area contributed by atoms with E-state index in [0.717, 1.165) is 38.9 Å². The van der Waals surface area contributed by atoms with Gasteiger partial charge < -0.3 is 25.2 Å². The molecule has 2 atom stereocenters. The minimum Gasteiger partial charge on any atom is -0.497 e. The largest absolute Gasteiger partial charge is 0.497 e. The Balaban J connectivity index is 1.30. The number of hydrazine groups is 1. The molecule has 2 aliphatic heterocycles. The van der Waals surface area contributed by atoms with E-state index in [1.807, 2.05) is 97.5 Å². The molecule has 4 aromatic carbocycles. The molecule has 2 N–H and O–H groups in total. The van der Waals surface area contributed by atoms with Crippen molar-refractivity contribution in [3.63, 3.8) is 0 Å². The van der Waals surface area contributed by atoms with Gasteiger partial charge in [-0.2, -0.15) is 5.01 Å². The molecule has 0 saturated carbocycles. The number of rotatable bonds is 10. The molecule has 0 bridgehead atoms. The van der Waals surface area contributed by atoms with Crippen molar-refractivity contribution in [3.8, 4) is 5.75 Å². The molecular weight excluding hydrogens is 592 g/mol. The second-order valence-electron chi connectivity index (χ2n) is 12.3. The van der Waals surface area contributed by atoms with Crippen molar-refractivity contribution in [3.05, 3.63) is 108 Å². The summed E-state index contributed by atoms with van der Waals surface area (Å²) in [5, 5.41) is 11.8. The summed E-state index contributed by atoms with van der Waals surface area (Å²) in [7, 11) is 3.48. The summed E-state index contributed by atoms with van der Waals surface area (Å²) in [6, 6.07) is 28.5. The normalized spacial score (nSPS) is 18.1. The molecule has 2 fully saturated rings. The Morgan fingerprint density at radius 1 is 0.936 bits per heavy atom. The summed E-state index contributed by atoms with van der Waals surface area (Å²) in [4.78, 5) is 45.5. The molecule has 2 saturated heterocycles. The molecule has 10 nitrogen and oxygen atoms in total. The molecule has 0 aromatic heterocycles. The van der Waals surface area contributed by atoms with Crippen LogP contribution in [0.5, 0.6) is 5.75 Å². The Kier molecular flexibility index (Phi) is 9.31. The second-order valence-corrected chi connectivity index (χ2v) is 12.3. The van der Waals surface area contributed by atoms with Gasteiger partial charge in [-0.05, 0) is 65.6 Å². The maximum Gasteiger partial charge on any atom is 0.332 e. The molecule has 4 amide bonds. The van der Waals surface area contributed by atoms with Crippen molar-refractivity contribution in [2.24, 2.45) is 0 Å². The molecule has 0 radical (unpaired) electrons. The van der Waals surface area contributed by atoms with E-state index in [0.29, 0.717) is 19.5 Å². The van der Waals surface area contributed by atoms with Gasteiger partial charge in [0.25, 0.3) is 0 Å². The molecule has 244 valence electrons. The quantitative estimate of drug-likeness (QED) is 0.259. The third-order valence-corrected chi connectivity index (χ3v) is 9.06. The number of anilines is 1. The van der Waals surface area contributed by atoms with Gasteiger partial charge in [0.1, 0.15) is 18.0 Å². The van der Waals surface area contributed by atoms with Crippen LogP contribution in [0.4, 0.5) is 10.5 Å². The predicted molar refractivity (Wildman–Crippen MR) is 182 cm³/mol. The van der Waals surface area contributed by atoms with E-state index in [9.17, 15) is 14.4 Å². The fraction of sp³-hybridized carbons (Fsp3) is 0.324. The van der Waals surface area contributed by atoms with Gasteiger partial charge in [0.05, 0.1) is 20.2 Å². The number of hydrogen-bond donors (Lipinski definition) is 2. The zero-order chi connectivity index (χ0) is 33.1. The number of piperazine rings is 1. The standard InChI is InChI=1S/C37H42N6O4/c1-25(2)43(37(46)39-21-27-14-18-31(47-4)19-15-27)41-24-35(44)42-33(20-26-12-16-30(38-3)17-13-26)36(45)40(23-34(41)42)22-29-10-7-9-28-8-5-6-11-32(28)29/h5-19,25,33-34,38H,20-24H2,1-4H3,(H,39,46)/t33-,34+/m0/s1. The number of benzene rings is 4. The van der Waals surface area contributed by atoms with Crippen molar-refractivity contribution in [1.29, 1.82) is 0 Å². The van der Waals surface area contributed by atoms with Gasteiger partial charge in [0.15, 0.2) is 0 Å². The first-order chi connectivity index (χ1) is 22.8. The van der Waals surface area contributed by atoms with Crippen molar-refractivity contribution >= 4 is 34.3 Å². The van der Waals surface area contributed by atoms with Crippen LogP contribution < -0.4 is 15.4 Å². The first kappa shape index (κ1) is 31.9. The fourth-order valence-electron chi connectivity index (χ4n) is 6.68. The first-order valence-electron chi connectivity index (χ1n) is 16.1. The van der Waals surface area contributed by atoms with E-state index in [-0.39, 0.29) is 37.0 Å². The summed E-state index contributed by atoms with van der Waals surface area (Å²) in [6.07, 6.45) is -0.137. The van der Waals surface area contributed by atoms with Crippen LogP contribution in [0.2, 0.25) is 0 Å². The van der Waals surface area contributed by atoms with Gasteiger partial charge in [-0.25, -0.2) is 4.79 Å². The molecule has 10 heteroatoms. The van der Waals surface area contributed by atoms with Gasteiger partial charge >= 0.3 is 6.03 Å². The van der Waals surface area contributed by atoms with Crippen LogP contribution in [0.15, 0.2) is 91.0 Å². The lowest BCUT2D eigenvalue weighted by molar-refractivity contribution is -0.158. The first-order valence-corrected chi connectivity index (χ1v) is 16.1. The van der Waals surface area contributed by atoms with Crippen LogP contribution in [0.3, 0.4) is 0 Å². The third-order valence-electron chi connectivity index (χ3n) is 9.06. The SMILES string of the molecule is CNc1ccc(C[C@H]2C(=O)N(Cc3cccc4ccccc34)C[C@H]3N2C(=O)CN3N(C(=O)NCc2ccc(OC)cc2)C(C)C)cc1. The molecule has 47 heavy (non-hydrogen) atoms. The molecule has 2 aliphatic rings. The lowest BCUT2D eigenvalue weighted by atomic mass is 9.98. The number of urea groups is 1. The smallest absolute Gasteiger partial charge is 0.332 e. The highest BCUT2D eigenvalue weighted by atomic mass is 16.5. The average molecular weight is 635 g/mol. The molecule has 0 unspecified atom stereocenters. The van der Waals surface area contributed by atoms with E-state index in [1.165, 1.54) is 0 Å². The number of carbonyl (C=O) groups excluding carboxylic acids is 3. The summed E-state index contributed by atoms with van der Waals surface area (Å²) >= 11 is 0. The number of amides is 4. The molecular formula is C37H42N6O4. The number of carbonyl (C=O) groups is 3. The number of nitrogens with one attached hydrogen (secondary N) is 2. The Hall–Kier alpha value is -5.09. The predicted octanol–water partition coefficient (Wildman–Crippen LogP) is 4.85. The summed E-state index contributed by atoms with van der Waals surface area (Å²) < 4.78 is 5.25. The zero-order valence-corrected chi connectivity index (χ0v) is 27.3. The maximum absolute atomic E-state index is 14.3. The highest BCUT2D eigenvalue weighted by molar-refractivity contribution is 5.92. The van der Waals surface area contributed by atoms with Crippen LogP contribution in [0, 0.1) is 0 Å². The van der Waals surface area contributed by atoms with Crippen LogP contribution in [-0.4, -0.2) is 83.2 Å². The molecule has 6 rings (SSSR count). The Labute approximate surface area is 275 Å². The van der Waals surface area contributed by atoms with E-state index in [1.54, 1.807) is 17.0 Å². The van der Waals surface area contributed by atoms with Crippen molar-refractivity contribution < 1.29 is 19.1 Å². The Morgan fingerprint density at radius 2 is 1.64 bits per heavy atom. The molecule has 0 spiro atoms. The summed E-state index contributed by atoms with van der Waals surface area (Å²) in [5.41, 5.74) is 3.89. The van der Waals surface area contributed by atoms with Gasteiger partial charge in [-0.15, -0.1) is 0 Å². The fourth-order valence-corrected chi connectivity index (χ4v) is 6.68. The monoisotopic (exact) mass is 634 g/mol. The highest BCUT2D eigenvalue weighted by Crippen LogP contribution is 2.32. The van der Waals surface area contributed by atoms with E-state index in [2.05, 4.69) is 34.9 Å². The Bertz CT molecular complexity index is 1740. The zero-order valence-electron chi connectivity index (χ0n) is 27.3. The summed E-state index contributed by atoms with van der Waals surface area (Å²) in [5.74, 6) is 0.479. The van der Waals surface area contributed by atoms with E-state index >= 15 is 0 Å². The lowest BCUT2D eigenvalue weighted by Gasteiger charge is -2.47. The number of methoxy groups -OCH3 is 1. The van der Waals surface area contributed by atoms with Crippen LogP contribution in [0.25, 0.3) is 10.8 Å².